The zero-order chi connectivity index (χ0) is 21.2. The summed E-state index contributed by atoms with van der Waals surface area (Å²) in [5.41, 5.74) is 2.75. The molecule has 0 radical (unpaired) electrons. The summed E-state index contributed by atoms with van der Waals surface area (Å²) < 4.78 is 17.6. The summed E-state index contributed by atoms with van der Waals surface area (Å²) in [7, 11) is 0. The minimum atomic E-state index is -0.0989. The van der Waals surface area contributed by atoms with Gasteiger partial charge in [-0.15, -0.1) is 0 Å². The Bertz CT molecular complexity index is 1100. The Hall–Kier alpha value is -3.54. The second-order valence-electron chi connectivity index (χ2n) is 7.74. The van der Waals surface area contributed by atoms with Crippen molar-refractivity contribution in [2.45, 2.75) is 25.8 Å². The van der Waals surface area contributed by atoms with Gasteiger partial charge in [0, 0.05) is 19.2 Å². The molecule has 6 nitrogen and oxygen atoms in total. The van der Waals surface area contributed by atoms with Crippen molar-refractivity contribution in [3.8, 4) is 23.1 Å². The highest BCUT2D eigenvalue weighted by Gasteiger charge is 2.31. The molecular formula is C25H24N2O4. The van der Waals surface area contributed by atoms with Gasteiger partial charge in [-0.2, -0.15) is 0 Å². The Morgan fingerprint density at radius 1 is 1.06 bits per heavy atom. The van der Waals surface area contributed by atoms with Crippen LogP contribution < -0.4 is 14.2 Å². The molecule has 0 fully saturated rings. The van der Waals surface area contributed by atoms with Gasteiger partial charge in [-0.05, 0) is 60.9 Å². The van der Waals surface area contributed by atoms with Gasteiger partial charge < -0.3 is 19.1 Å². The molecule has 5 rings (SSSR count). The lowest BCUT2D eigenvalue weighted by Gasteiger charge is -2.36. The average Bonchev–Trinajstić information content (AvgIpc) is 3.04. The summed E-state index contributed by atoms with van der Waals surface area (Å²) in [4.78, 5) is 19.7. The van der Waals surface area contributed by atoms with E-state index in [0.29, 0.717) is 37.0 Å². The van der Waals surface area contributed by atoms with Gasteiger partial charge in [0.15, 0.2) is 11.5 Å². The normalized spacial score (nSPS) is 17.5. The van der Waals surface area contributed by atoms with Crippen molar-refractivity contribution < 1.29 is 19.0 Å². The number of hydrogen-bond acceptors (Lipinski definition) is 5. The fraction of sp³-hybridized carbons (Fsp3) is 0.280. The molecule has 0 spiro atoms. The van der Waals surface area contributed by atoms with Crippen molar-refractivity contribution in [2.24, 2.45) is 0 Å². The van der Waals surface area contributed by atoms with Crippen LogP contribution in [0.25, 0.3) is 0 Å². The van der Waals surface area contributed by atoms with Crippen molar-refractivity contribution >= 4 is 5.91 Å². The molecule has 0 unspecified atom stereocenters. The first-order chi connectivity index (χ1) is 15.2. The van der Waals surface area contributed by atoms with E-state index >= 15 is 0 Å². The molecule has 2 aliphatic heterocycles. The number of nitrogens with zero attached hydrogens (tertiary/aromatic N) is 2. The first-order valence-electron chi connectivity index (χ1n) is 10.6. The maximum atomic E-state index is 13.5. The summed E-state index contributed by atoms with van der Waals surface area (Å²) in [6.45, 7) is 3.97. The lowest BCUT2D eigenvalue weighted by Crippen LogP contribution is -2.39. The van der Waals surface area contributed by atoms with Crippen LogP contribution in [0.15, 0.2) is 60.8 Å². The summed E-state index contributed by atoms with van der Waals surface area (Å²) in [6, 6.07) is 16.9. The van der Waals surface area contributed by atoms with Crippen molar-refractivity contribution in [3.05, 3.63) is 77.5 Å². The van der Waals surface area contributed by atoms with Gasteiger partial charge in [-0.1, -0.05) is 18.2 Å². The maximum absolute atomic E-state index is 13.5. The van der Waals surface area contributed by atoms with Gasteiger partial charge >= 0.3 is 0 Å². The van der Waals surface area contributed by atoms with E-state index in [0.717, 1.165) is 29.9 Å². The van der Waals surface area contributed by atoms with Crippen molar-refractivity contribution in [1.82, 2.24) is 9.88 Å². The van der Waals surface area contributed by atoms with Crippen LogP contribution in [0.5, 0.6) is 23.1 Å². The lowest BCUT2D eigenvalue weighted by atomic mass is 9.92. The third kappa shape index (κ3) is 3.81. The third-order valence-corrected chi connectivity index (χ3v) is 5.77. The van der Waals surface area contributed by atoms with E-state index in [1.54, 1.807) is 18.3 Å². The number of amides is 1. The molecule has 31 heavy (non-hydrogen) atoms. The minimum Gasteiger partial charge on any atom is -0.490 e. The zero-order valence-corrected chi connectivity index (χ0v) is 17.4. The Labute approximate surface area is 181 Å². The molecule has 0 saturated carbocycles. The molecule has 3 heterocycles. The van der Waals surface area contributed by atoms with Crippen LogP contribution in [0.1, 0.15) is 40.9 Å². The van der Waals surface area contributed by atoms with E-state index in [4.69, 9.17) is 14.2 Å². The second-order valence-corrected chi connectivity index (χ2v) is 7.74. The Morgan fingerprint density at radius 2 is 1.84 bits per heavy atom. The van der Waals surface area contributed by atoms with Crippen LogP contribution in [0.4, 0.5) is 0 Å². The van der Waals surface area contributed by atoms with E-state index < -0.39 is 0 Å². The number of pyridine rings is 1. The molecule has 0 bridgehead atoms. The van der Waals surface area contributed by atoms with Gasteiger partial charge in [-0.3, -0.25) is 4.79 Å². The van der Waals surface area contributed by atoms with Crippen LogP contribution in [-0.2, 0) is 6.42 Å². The minimum absolute atomic E-state index is 0.0932. The molecule has 1 amide bonds. The number of benzene rings is 2. The number of fused-ring (bicyclic) bond motifs is 2. The number of hydrogen-bond donors (Lipinski definition) is 0. The van der Waals surface area contributed by atoms with Crippen LogP contribution >= 0.6 is 0 Å². The zero-order valence-electron chi connectivity index (χ0n) is 17.4. The van der Waals surface area contributed by atoms with E-state index in [9.17, 15) is 4.79 Å². The smallest absolute Gasteiger partial charge is 0.259 e. The van der Waals surface area contributed by atoms with Gasteiger partial charge in [-0.25, -0.2) is 4.98 Å². The highest BCUT2D eigenvalue weighted by Crippen LogP contribution is 2.40. The third-order valence-electron chi connectivity index (χ3n) is 5.77. The van der Waals surface area contributed by atoms with Crippen molar-refractivity contribution in [1.29, 1.82) is 0 Å². The van der Waals surface area contributed by atoms with Gasteiger partial charge in [0.05, 0.1) is 19.3 Å². The number of aromatic nitrogens is 1. The molecule has 1 atom stereocenters. The van der Waals surface area contributed by atoms with Crippen LogP contribution in [-0.4, -0.2) is 35.5 Å². The van der Waals surface area contributed by atoms with Gasteiger partial charge in [0.25, 0.3) is 5.91 Å². The molecule has 0 aliphatic carbocycles. The number of para-hydroxylation sites is 1. The number of carbonyl (C=O) groups is 1. The topological polar surface area (TPSA) is 60.9 Å². The van der Waals surface area contributed by atoms with E-state index in [1.165, 1.54) is 5.56 Å². The number of rotatable bonds is 3. The molecule has 2 aromatic carbocycles. The van der Waals surface area contributed by atoms with Crippen LogP contribution in [0.2, 0.25) is 0 Å². The van der Waals surface area contributed by atoms with Crippen LogP contribution in [0.3, 0.4) is 0 Å². The van der Waals surface area contributed by atoms with Crippen molar-refractivity contribution in [3.63, 3.8) is 0 Å². The van der Waals surface area contributed by atoms with E-state index in [-0.39, 0.29) is 11.9 Å². The number of carbonyl (C=O) groups excluding carboxylic acids is 1. The lowest BCUT2D eigenvalue weighted by molar-refractivity contribution is 0.0674. The first-order valence-corrected chi connectivity index (χ1v) is 10.6. The van der Waals surface area contributed by atoms with Crippen molar-refractivity contribution in [2.75, 3.05) is 19.8 Å². The molecule has 2 aliphatic rings. The molecule has 6 heteroatoms. The molecule has 158 valence electrons. The molecule has 0 saturated heterocycles. The molecule has 1 aromatic heterocycles. The summed E-state index contributed by atoms with van der Waals surface area (Å²) in [5.74, 6) is 2.42. The Balaban J connectivity index is 1.43. The summed E-state index contributed by atoms with van der Waals surface area (Å²) in [5, 5.41) is 0. The Morgan fingerprint density at radius 3 is 2.65 bits per heavy atom. The second kappa shape index (κ2) is 8.30. The maximum Gasteiger partial charge on any atom is 0.259 e. The highest BCUT2D eigenvalue weighted by atomic mass is 16.5. The fourth-order valence-corrected chi connectivity index (χ4v) is 4.14. The largest absolute Gasteiger partial charge is 0.490 e. The summed E-state index contributed by atoms with van der Waals surface area (Å²) >= 11 is 0. The average molecular weight is 416 g/mol. The number of ether oxygens (including phenoxy) is 3. The highest BCUT2D eigenvalue weighted by molar-refractivity contribution is 5.97. The molecule has 0 N–H and O–H groups in total. The quantitative estimate of drug-likeness (QED) is 0.614. The Kier molecular flexibility index (Phi) is 5.20. The van der Waals surface area contributed by atoms with Gasteiger partial charge in [0.1, 0.15) is 11.3 Å². The molecular weight excluding hydrogens is 392 g/mol. The van der Waals surface area contributed by atoms with Gasteiger partial charge in [0.2, 0.25) is 5.88 Å². The fourth-order valence-electron chi connectivity index (χ4n) is 4.14. The first kappa shape index (κ1) is 19.4. The van der Waals surface area contributed by atoms with E-state index in [2.05, 4.69) is 11.1 Å². The molecule has 3 aromatic rings. The standard InChI is InChI=1S/C25H24N2O4/c1-17-21-16-23-22(29-13-6-14-30-23)15-18(21)10-12-27(17)25(28)20-9-5-11-26-24(20)31-19-7-3-2-4-8-19/h2-5,7-9,11,15-17H,6,10,12-14H2,1H3/t17-/m0/s1. The predicted octanol–water partition coefficient (Wildman–Crippen LogP) is 4.79. The summed E-state index contributed by atoms with van der Waals surface area (Å²) in [6.07, 6.45) is 3.26. The monoisotopic (exact) mass is 416 g/mol. The SMILES string of the molecule is C[C@H]1c2cc3c(cc2CCN1C(=O)c1cccnc1Oc1ccccc1)OCCCO3. The van der Waals surface area contributed by atoms with E-state index in [1.807, 2.05) is 48.2 Å². The van der Waals surface area contributed by atoms with Crippen LogP contribution in [0, 0.1) is 0 Å². The predicted molar refractivity (Wildman–Crippen MR) is 116 cm³/mol.